The number of anilines is 1. The normalized spacial score (nSPS) is 24.6. The van der Waals surface area contributed by atoms with Gasteiger partial charge in [0.2, 0.25) is 0 Å². The number of imidazole rings is 1. The van der Waals surface area contributed by atoms with Gasteiger partial charge in [-0.15, -0.1) is 0 Å². The highest BCUT2D eigenvalue weighted by atomic mass is 19.1. The molecule has 1 fully saturated rings. The first-order valence-corrected chi connectivity index (χ1v) is 6.58. The number of hydrogen-bond acceptors (Lipinski definition) is 2. The Morgan fingerprint density at radius 2 is 2.22 bits per heavy atom. The van der Waals surface area contributed by atoms with Gasteiger partial charge < -0.3 is 5.73 Å². The first-order valence-electron chi connectivity index (χ1n) is 6.58. The molecule has 1 saturated carbocycles. The van der Waals surface area contributed by atoms with Crippen LogP contribution in [0.15, 0.2) is 18.3 Å². The SMILES string of the molecule is CC1CCCC(c2nc3ccc(F)cn3c2N)C1. The molecule has 2 N–H and O–H groups in total. The number of fused-ring (bicyclic) bond motifs is 1. The second-order valence-electron chi connectivity index (χ2n) is 5.43. The fraction of sp³-hybridized carbons (Fsp3) is 0.500. The average Bonchev–Trinajstić information content (AvgIpc) is 2.67. The van der Waals surface area contributed by atoms with Gasteiger partial charge in [-0.05, 0) is 30.9 Å². The largest absolute Gasteiger partial charge is 0.383 e. The van der Waals surface area contributed by atoms with Crippen LogP contribution in [0.5, 0.6) is 0 Å². The number of halogens is 1. The molecule has 2 aromatic rings. The van der Waals surface area contributed by atoms with E-state index in [0.717, 1.165) is 30.1 Å². The minimum absolute atomic E-state index is 0.282. The van der Waals surface area contributed by atoms with Crippen LogP contribution in [0.25, 0.3) is 5.65 Å². The molecule has 0 saturated heterocycles. The first-order chi connectivity index (χ1) is 8.65. The van der Waals surface area contributed by atoms with Crippen molar-refractivity contribution in [1.82, 2.24) is 9.38 Å². The average molecular weight is 247 g/mol. The molecule has 3 nitrogen and oxygen atoms in total. The van der Waals surface area contributed by atoms with Crippen molar-refractivity contribution in [3.8, 4) is 0 Å². The van der Waals surface area contributed by atoms with Crippen LogP contribution in [0.2, 0.25) is 0 Å². The van der Waals surface area contributed by atoms with Gasteiger partial charge in [-0.2, -0.15) is 0 Å². The van der Waals surface area contributed by atoms with Gasteiger partial charge >= 0.3 is 0 Å². The number of nitrogen functional groups attached to an aromatic ring is 1. The Labute approximate surface area is 106 Å². The third kappa shape index (κ3) is 1.85. The number of nitrogens with two attached hydrogens (primary N) is 1. The molecule has 2 unspecified atom stereocenters. The van der Waals surface area contributed by atoms with Crippen molar-refractivity contribution in [3.05, 3.63) is 29.8 Å². The molecule has 0 aliphatic heterocycles. The molecule has 0 amide bonds. The van der Waals surface area contributed by atoms with E-state index in [0.29, 0.717) is 11.7 Å². The molecule has 1 aliphatic carbocycles. The molecule has 0 radical (unpaired) electrons. The molecule has 2 heterocycles. The maximum atomic E-state index is 13.2. The molecule has 1 aliphatic rings. The van der Waals surface area contributed by atoms with E-state index in [1.165, 1.54) is 25.1 Å². The molecule has 2 aromatic heterocycles. The van der Waals surface area contributed by atoms with Crippen LogP contribution < -0.4 is 5.73 Å². The van der Waals surface area contributed by atoms with Crippen molar-refractivity contribution in [1.29, 1.82) is 0 Å². The van der Waals surface area contributed by atoms with E-state index in [9.17, 15) is 4.39 Å². The maximum absolute atomic E-state index is 13.2. The Bertz CT molecular complexity index is 576. The summed E-state index contributed by atoms with van der Waals surface area (Å²) in [5, 5.41) is 0. The molecule has 0 aromatic carbocycles. The van der Waals surface area contributed by atoms with Crippen LogP contribution in [0.4, 0.5) is 10.2 Å². The molecule has 3 rings (SSSR count). The summed E-state index contributed by atoms with van der Waals surface area (Å²) in [6.07, 6.45) is 6.21. The minimum Gasteiger partial charge on any atom is -0.383 e. The second kappa shape index (κ2) is 4.26. The highest BCUT2D eigenvalue weighted by Crippen LogP contribution is 2.37. The summed E-state index contributed by atoms with van der Waals surface area (Å²) >= 11 is 0. The van der Waals surface area contributed by atoms with E-state index >= 15 is 0 Å². The monoisotopic (exact) mass is 247 g/mol. The fourth-order valence-corrected chi connectivity index (χ4v) is 3.04. The van der Waals surface area contributed by atoms with Crippen LogP contribution in [0, 0.1) is 11.7 Å². The quantitative estimate of drug-likeness (QED) is 0.839. The predicted octanol–water partition coefficient (Wildman–Crippen LogP) is 3.35. The Morgan fingerprint density at radius 1 is 1.39 bits per heavy atom. The molecule has 2 atom stereocenters. The molecule has 4 heteroatoms. The number of hydrogen-bond donors (Lipinski definition) is 1. The summed E-state index contributed by atoms with van der Waals surface area (Å²) in [4.78, 5) is 4.58. The van der Waals surface area contributed by atoms with Crippen LogP contribution in [-0.2, 0) is 0 Å². The molecule has 0 bridgehead atoms. The summed E-state index contributed by atoms with van der Waals surface area (Å²) in [5.74, 6) is 1.47. The lowest BCUT2D eigenvalue weighted by molar-refractivity contribution is 0.341. The van der Waals surface area contributed by atoms with Gasteiger partial charge in [-0.3, -0.25) is 4.40 Å². The van der Waals surface area contributed by atoms with E-state index in [-0.39, 0.29) is 5.82 Å². The van der Waals surface area contributed by atoms with E-state index in [4.69, 9.17) is 5.73 Å². The molecule has 96 valence electrons. The summed E-state index contributed by atoms with van der Waals surface area (Å²) in [6, 6.07) is 3.11. The van der Waals surface area contributed by atoms with E-state index in [1.807, 2.05) is 0 Å². The molecular formula is C14H18FN3. The minimum atomic E-state index is -0.282. The van der Waals surface area contributed by atoms with Gasteiger partial charge in [0, 0.05) is 12.1 Å². The first kappa shape index (κ1) is 11.5. The van der Waals surface area contributed by atoms with Crippen LogP contribution in [-0.4, -0.2) is 9.38 Å². The fourth-order valence-electron chi connectivity index (χ4n) is 3.04. The smallest absolute Gasteiger partial charge is 0.140 e. The van der Waals surface area contributed by atoms with E-state index in [1.54, 1.807) is 10.5 Å². The van der Waals surface area contributed by atoms with Crippen molar-refractivity contribution >= 4 is 11.5 Å². The van der Waals surface area contributed by atoms with Gasteiger partial charge in [0.1, 0.15) is 17.3 Å². The van der Waals surface area contributed by atoms with Gasteiger partial charge in [0.05, 0.1) is 5.69 Å². The van der Waals surface area contributed by atoms with Crippen LogP contribution >= 0.6 is 0 Å². The number of aromatic nitrogens is 2. The van der Waals surface area contributed by atoms with Gasteiger partial charge in [0.15, 0.2) is 0 Å². The zero-order chi connectivity index (χ0) is 12.7. The number of rotatable bonds is 1. The Kier molecular flexibility index (Phi) is 2.73. The van der Waals surface area contributed by atoms with Crippen LogP contribution in [0.3, 0.4) is 0 Å². The lowest BCUT2D eigenvalue weighted by Crippen LogP contribution is -2.13. The maximum Gasteiger partial charge on any atom is 0.140 e. The second-order valence-corrected chi connectivity index (χ2v) is 5.43. The Hall–Kier alpha value is -1.58. The molecule has 18 heavy (non-hydrogen) atoms. The zero-order valence-electron chi connectivity index (χ0n) is 10.6. The van der Waals surface area contributed by atoms with E-state index < -0.39 is 0 Å². The van der Waals surface area contributed by atoms with Crippen molar-refractivity contribution in [2.45, 2.75) is 38.5 Å². The van der Waals surface area contributed by atoms with Crippen LogP contribution in [0.1, 0.15) is 44.2 Å². The zero-order valence-corrected chi connectivity index (χ0v) is 10.6. The van der Waals surface area contributed by atoms with Gasteiger partial charge in [0.25, 0.3) is 0 Å². The van der Waals surface area contributed by atoms with Crippen molar-refractivity contribution in [3.63, 3.8) is 0 Å². The number of pyridine rings is 1. The topological polar surface area (TPSA) is 43.3 Å². The standard InChI is InChI=1S/C14H18FN3/c1-9-3-2-4-10(7-9)13-14(16)18-8-11(15)5-6-12(18)17-13/h5-6,8-10H,2-4,7,16H2,1H3. The Balaban J connectivity index is 2.04. The highest BCUT2D eigenvalue weighted by molar-refractivity contribution is 5.53. The predicted molar refractivity (Wildman–Crippen MR) is 69.9 cm³/mol. The highest BCUT2D eigenvalue weighted by Gasteiger charge is 2.25. The summed E-state index contributed by atoms with van der Waals surface area (Å²) in [7, 11) is 0. The van der Waals surface area contributed by atoms with E-state index in [2.05, 4.69) is 11.9 Å². The molecule has 0 spiro atoms. The lowest BCUT2D eigenvalue weighted by atomic mass is 9.81. The van der Waals surface area contributed by atoms with Crippen molar-refractivity contribution in [2.24, 2.45) is 5.92 Å². The lowest BCUT2D eigenvalue weighted by Gasteiger charge is -2.25. The summed E-state index contributed by atoms with van der Waals surface area (Å²) < 4.78 is 14.9. The summed E-state index contributed by atoms with van der Waals surface area (Å²) in [5.41, 5.74) is 7.81. The third-order valence-electron chi connectivity index (χ3n) is 3.97. The van der Waals surface area contributed by atoms with Gasteiger partial charge in [-0.25, -0.2) is 9.37 Å². The van der Waals surface area contributed by atoms with Gasteiger partial charge in [-0.1, -0.05) is 19.8 Å². The van der Waals surface area contributed by atoms with Crippen molar-refractivity contribution in [2.75, 3.05) is 5.73 Å². The Morgan fingerprint density at radius 3 is 3.00 bits per heavy atom. The summed E-state index contributed by atoms with van der Waals surface area (Å²) in [6.45, 7) is 2.28. The molecular weight excluding hydrogens is 229 g/mol. The number of nitrogens with zero attached hydrogens (tertiary/aromatic N) is 2. The van der Waals surface area contributed by atoms with Crippen molar-refractivity contribution < 1.29 is 4.39 Å². The third-order valence-corrected chi connectivity index (χ3v) is 3.97.